The standard InChI is InChI=1S/C17H15N3O8S/c1-4-28-13-11(15(22)26-2)12(16(23)27-3)19(14(13)21)17-18-9-7-8(20(24)25)5-6-10(9)29-17/h5-7,12H,4H2,1-3H3. The Bertz CT molecular complexity index is 1060. The van der Waals surface area contributed by atoms with E-state index >= 15 is 0 Å². The molecule has 29 heavy (non-hydrogen) atoms. The van der Waals surface area contributed by atoms with Crippen molar-refractivity contribution in [1.29, 1.82) is 0 Å². The molecule has 11 nitrogen and oxygen atoms in total. The van der Waals surface area contributed by atoms with Gasteiger partial charge in [-0.2, -0.15) is 0 Å². The first-order valence-electron chi connectivity index (χ1n) is 8.25. The molecule has 1 aliphatic heterocycles. The number of non-ortho nitro benzene ring substituents is 1. The number of carbonyl (C=O) groups excluding carboxylic acids is 3. The number of thiazole rings is 1. The zero-order valence-corrected chi connectivity index (χ0v) is 16.3. The topological polar surface area (TPSA) is 138 Å². The van der Waals surface area contributed by atoms with E-state index in [4.69, 9.17) is 14.2 Å². The molecule has 2 heterocycles. The van der Waals surface area contributed by atoms with E-state index in [0.717, 1.165) is 30.5 Å². The largest absolute Gasteiger partial charge is 0.488 e. The molecule has 0 saturated carbocycles. The number of anilines is 1. The summed E-state index contributed by atoms with van der Waals surface area (Å²) in [7, 11) is 2.22. The number of nitro groups is 1. The van der Waals surface area contributed by atoms with E-state index < -0.39 is 28.8 Å². The zero-order chi connectivity index (χ0) is 21.3. The van der Waals surface area contributed by atoms with Crippen LogP contribution in [0.15, 0.2) is 29.5 Å². The minimum Gasteiger partial charge on any atom is -0.488 e. The highest BCUT2D eigenvalue weighted by Crippen LogP contribution is 2.38. The van der Waals surface area contributed by atoms with Crippen LogP contribution in [-0.4, -0.2) is 54.6 Å². The molecule has 0 N–H and O–H groups in total. The van der Waals surface area contributed by atoms with E-state index in [-0.39, 0.29) is 34.3 Å². The van der Waals surface area contributed by atoms with Crippen molar-refractivity contribution >= 4 is 50.2 Å². The summed E-state index contributed by atoms with van der Waals surface area (Å²) in [4.78, 5) is 53.4. The van der Waals surface area contributed by atoms with Gasteiger partial charge in [0.15, 0.2) is 16.9 Å². The molecule has 12 heteroatoms. The number of fused-ring (bicyclic) bond motifs is 1. The fourth-order valence-corrected chi connectivity index (χ4v) is 3.82. The quantitative estimate of drug-likeness (QED) is 0.386. The fourth-order valence-electron chi connectivity index (χ4n) is 2.85. The van der Waals surface area contributed by atoms with Gasteiger partial charge in [-0.3, -0.25) is 19.8 Å². The first-order valence-corrected chi connectivity index (χ1v) is 9.07. The smallest absolute Gasteiger partial charge is 0.340 e. The lowest BCUT2D eigenvalue weighted by molar-refractivity contribution is -0.384. The maximum absolute atomic E-state index is 13.0. The average molecular weight is 421 g/mol. The third-order valence-electron chi connectivity index (χ3n) is 4.08. The highest BCUT2D eigenvalue weighted by atomic mass is 32.1. The third kappa shape index (κ3) is 3.38. The predicted molar refractivity (Wildman–Crippen MR) is 100 cm³/mol. The van der Waals surface area contributed by atoms with Crippen LogP contribution in [-0.2, 0) is 28.6 Å². The lowest BCUT2D eigenvalue weighted by Gasteiger charge is -2.21. The number of nitro benzene ring substituents is 1. The van der Waals surface area contributed by atoms with Gasteiger partial charge < -0.3 is 14.2 Å². The molecule has 1 aromatic heterocycles. The molecule has 1 atom stereocenters. The van der Waals surface area contributed by atoms with Gasteiger partial charge in [-0.1, -0.05) is 11.3 Å². The van der Waals surface area contributed by atoms with Crippen LogP contribution in [0.3, 0.4) is 0 Å². The molecule has 0 bridgehead atoms. The number of benzene rings is 1. The second-order valence-corrected chi connectivity index (χ2v) is 6.68. The summed E-state index contributed by atoms with van der Waals surface area (Å²) in [6, 6.07) is 2.58. The molecular formula is C17H15N3O8S. The Morgan fingerprint density at radius 1 is 1.31 bits per heavy atom. The molecule has 0 spiro atoms. The van der Waals surface area contributed by atoms with Gasteiger partial charge in [0.1, 0.15) is 5.57 Å². The first-order chi connectivity index (χ1) is 13.8. The summed E-state index contributed by atoms with van der Waals surface area (Å²) in [6.07, 6.45) is 0. The number of hydrogen-bond donors (Lipinski definition) is 0. The molecular weight excluding hydrogens is 406 g/mol. The minimum absolute atomic E-state index is 0.0528. The van der Waals surface area contributed by atoms with Crippen molar-refractivity contribution in [2.24, 2.45) is 0 Å². The van der Waals surface area contributed by atoms with E-state index in [9.17, 15) is 24.5 Å². The number of amides is 1. The average Bonchev–Trinajstić information content (AvgIpc) is 3.25. The van der Waals surface area contributed by atoms with Crippen molar-refractivity contribution in [2.75, 3.05) is 25.7 Å². The van der Waals surface area contributed by atoms with Gasteiger partial charge in [-0.15, -0.1) is 0 Å². The number of hydrogen-bond acceptors (Lipinski definition) is 10. The summed E-state index contributed by atoms with van der Waals surface area (Å²) >= 11 is 1.02. The maximum Gasteiger partial charge on any atom is 0.340 e. The van der Waals surface area contributed by atoms with Gasteiger partial charge in [0.25, 0.3) is 11.6 Å². The van der Waals surface area contributed by atoms with Crippen molar-refractivity contribution in [3.05, 3.63) is 39.6 Å². The Labute approximate surface area is 167 Å². The van der Waals surface area contributed by atoms with Crippen LogP contribution in [0.5, 0.6) is 0 Å². The highest BCUT2D eigenvalue weighted by Gasteiger charge is 2.51. The second kappa shape index (κ2) is 7.83. The molecule has 3 rings (SSSR count). The van der Waals surface area contributed by atoms with Gasteiger partial charge in [-0.05, 0) is 13.0 Å². The SMILES string of the molecule is CCOC1=C(C(=O)OC)C(C(=O)OC)N(c2nc3cc([N+](=O)[O-])ccc3s2)C1=O. The molecule has 0 fully saturated rings. The van der Waals surface area contributed by atoms with Crippen molar-refractivity contribution in [3.63, 3.8) is 0 Å². The van der Waals surface area contributed by atoms with Crippen molar-refractivity contribution in [2.45, 2.75) is 13.0 Å². The summed E-state index contributed by atoms with van der Waals surface area (Å²) in [5.41, 5.74) is -0.202. The van der Waals surface area contributed by atoms with Crippen LogP contribution < -0.4 is 4.90 Å². The summed E-state index contributed by atoms with van der Waals surface area (Å²) in [5, 5.41) is 11.0. The van der Waals surface area contributed by atoms with E-state index in [2.05, 4.69) is 4.98 Å². The zero-order valence-electron chi connectivity index (χ0n) is 15.5. The predicted octanol–water partition coefficient (Wildman–Crippen LogP) is 1.56. The summed E-state index contributed by atoms with van der Waals surface area (Å²) in [6.45, 7) is 1.68. The van der Waals surface area contributed by atoms with Crippen molar-refractivity contribution < 1.29 is 33.5 Å². The molecule has 1 aliphatic rings. The van der Waals surface area contributed by atoms with Crippen molar-refractivity contribution in [1.82, 2.24) is 4.98 Å². The highest BCUT2D eigenvalue weighted by molar-refractivity contribution is 7.22. The third-order valence-corrected chi connectivity index (χ3v) is 5.12. The number of methoxy groups -OCH3 is 2. The van der Waals surface area contributed by atoms with Gasteiger partial charge >= 0.3 is 11.9 Å². The monoisotopic (exact) mass is 421 g/mol. The first kappa shape index (κ1) is 20.2. The van der Waals surface area contributed by atoms with Gasteiger partial charge in [0.2, 0.25) is 0 Å². The number of nitrogens with zero attached hydrogens (tertiary/aromatic N) is 3. The number of rotatable bonds is 6. The van der Waals surface area contributed by atoms with Gasteiger partial charge in [-0.25, -0.2) is 14.6 Å². The number of ether oxygens (including phenoxy) is 3. The Kier molecular flexibility index (Phi) is 5.46. The normalized spacial score (nSPS) is 16.3. The van der Waals surface area contributed by atoms with Crippen molar-refractivity contribution in [3.8, 4) is 0 Å². The van der Waals surface area contributed by atoms with E-state index in [1.807, 2.05) is 0 Å². The molecule has 1 amide bonds. The lowest BCUT2D eigenvalue weighted by Crippen LogP contribution is -2.43. The molecule has 0 saturated heterocycles. The van der Waals surface area contributed by atoms with Gasteiger partial charge in [0, 0.05) is 12.1 Å². The van der Waals surface area contributed by atoms with Crippen LogP contribution in [0.2, 0.25) is 0 Å². The Hall–Kier alpha value is -3.54. The van der Waals surface area contributed by atoms with Gasteiger partial charge in [0.05, 0.1) is 36.0 Å². The second-order valence-electron chi connectivity index (χ2n) is 5.67. The van der Waals surface area contributed by atoms with Crippen LogP contribution >= 0.6 is 11.3 Å². The minimum atomic E-state index is -1.46. The van der Waals surface area contributed by atoms with Crippen LogP contribution in [0.1, 0.15) is 6.92 Å². The number of carbonyl (C=O) groups is 3. The van der Waals surface area contributed by atoms with Crippen LogP contribution in [0.25, 0.3) is 10.2 Å². The molecule has 0 radical (unpaired) electrons. The van der Waals surface area contributed by atoms with Crippen LogP contribution in [0.4, 0.5) is 10.8 Å². The molecule has 1 unspecified atom stereocenters. The molecule has 152 valence electrons. The Balaban J connectivity index is 2.16. The van der Waals surface area contributed by atoms with E-state index in [1.54, 1.807) is 6.92 Å². The maximum atomic E-state index is 13.0. The van der Waals surface area contributed by atoms with E-state index in [0.29, 0.717) is 4.70 Å². The Morgan fingerprint density at radius 3 is 2.62 bits per heavy atom. The van der Waals surface area contributed by atoms with E-state index in [1.165, 1.54) is 18.2 Å². The van der Waals surface area contributed by atoms with Crippen LogP contribution in [0, 0.1) is 10.1 Å². The molecule has 2 aromatic rings. The Morgan fingerprint density at radius 2 is 2.03 bits per heavy atom. The molecule has 1 aromatic carbocycles. The molecule has 0 aliphatic carbocycles. The lowest BCUT2D eigenvalue weighted by atomic mass is 10.1. The number of aromatic nitrogens is 1. The summed E-state index contributed by atoms with van der Waals surface area (Å²) in [5.74, 6) is -2.91. The number of esters is 2. The fraction of sp³-hybridized carbons (Fsp3) is 0.294. The summed E-state index contributed by atoms with van der Waals surface area (Å²) < 4.78 is 15.3.